The molecule has 0 aliphatic carbocycles. The average molecular weight is 279 g/mol. The molecule has 106 valence electrons. The zero-order valence-corrected chi connectivity index (χ0v) is 12.2. The monoisotopic (exact) mass is 279 g/mol. The molecule has 0 spiro atoms. The number of pyridine rings is 1. The van der Waals surface area contributed by atoms with Crippen molar-refractivity contribution >= 4 is 10.8 Å². The van der Waals surface area contributed by atoms with Gasteiger partial charge in [0.25, 0.3) is 0 Å². The minimum Gasteiger partial charge on any atom is -0.489 e. The second-order valence-corrected chi connectivity index (χ2v) is 4.97. The first-order chi connectivity index (χ1) is 10.3. The van der Waals surface area contributed by atoms with Gasteiger partial charge in [0.2, 0.25) is 5.88 Å². The molecule has 0 radical (unpaired) electrons. The van der Waals surface area contributed by atoms with Crippen molar-refractivity contribution in [2.45, 2.75) is 13.5 Å². The van der Waals surface area contributed by atoms with E-state index in [1.54, 1.807) is 7.11 Å². The first kappa shape index (κ1) is 13.4. The van der Waals surface area contributed by atoms with Crippen molar-refractivity contribution < 1.29 is 9.47 Å². The van der Waals surface area contributed by atoms with E-state index in [0.29, 0.717) is 12.5 Å². The molecule has 0 saturated heterocycles. The Kier molecular flexibility index (Phi) is 3.73. The van der Waals surface area contributed by atoms with Crippen molar-refractivity contribution in [2.75, 3.05) is 7.11 Å². The SMILES string of the molecule is COc1cc2c(COc3cccc(C)c3)cccc2cn1. The van der Waals surface area contributed by atoms with Crippen molar-refractivity contribution in [3.63, 3.8) is 0 Å². The lowest BCUT2D eigenvalue weighted by Gasteiger charge is -2.10. The first-order valence-corrected chi connectivity index (χ1v) is 6.87. The van der Waals surface area contributed by atoms with Crippen LogP contribution >= 0.6 is 0 Å². The number of hydrogen-bond donors (Lipinski definition) is 0. The van der Waals surface area contributed by atoms with E-state index in [0.717, 1.165) is 22.1 Å². The summed E-state index contributed by atoms with van der Waals surface area (Å²) in [7, 11) is 1.63. The van der Waals surface area contributed by atoms with Crippen molar-refractivity contribution in [3.05, 3.63) is 65.9 Å². The van der Waals surface area contributed by atoms with Gasteiger partial charge in [0, 0.05) is 17.6 Å². The molecule has 21 heavy (non-hydrogen) atoms. The van der Waals surface area contributed by atoms with Gasteiger partial charge in [-0.25, -0.2) is 4.98 Å². The summed E-state index contributed by atoms with van der Waals surface area (Å²) >= 11 is 0. The lowest BCUT2D eigenvalue weighted by molar-refractivity contribution is 0.307. The molecule has 0 amide bonds. The molecule has 0 aliphatic heterocycles. The second-order valence-electron chi connectivity index (χ2n) is 4.97. The fraction of sp³-hybridized carbons (Fsp3) is 0.167. The van der Waals surface area contributed by atoms with Gasteiger partial charge in [-0.1, -0.05) is 30.3 Å². The van der Waals surface area contributed by atoms with Crippen LogP contribution in [0.4, 0.5) is 0 Å². The smallest absolute Gasteiger partial charge is 0.213 e. The lowest BCUT2D eigenvalue weighted by atomic mass is 10.1. The van der Waals surface area contributed by atoms with Crippen LogP contribution in [0.2, 0.25) is 0 Å². The molecule has 3 rings (SSSR count). The number of hydrogen-bond acceptors (Lipinski definition) is 3. The van der Waals surface area contributed by atoms with Crippen molar-refractivity contribution in [3.8, 4) is 11.6 Å². The summed E-state index contributed by atoms with van der Waals surface area (Å²) < 4.78 is 11.1. The van der Waals surface area contributed by atoms with Gasteiger partial charge in [0.1, 0.15) is 12.4 Å². The highest BCUT2D eigenvalue weighted by Crippen LogP contribution is 2.23. The molecule has 3 heteroatoms. The number of methoxy groups -OCH3 is 1. The summed E-state index contributed by atoms with van der Waals surface area (Å²) in [5, 5.41) is 2.19. The zero-order chi connectivity index (χ0) is 14.7. The van der Waals surface area contributed by atoms with Crippen LogP contribution in [0.3, 0.4) is 0 Å². The Labute approximate surface area is 124 Å². The summed E-state index contributed by atoms with van der Waals surface area (Å²) in [4.78, 5) is 4.23. The highest BCUT2D eigenvalue weighted by atomic mass is 16.5. The van der Waals surface area contributed by atoms with Gasteiger partial charge in [-0.2, -0.15) is 0 Å². The summed E-state index contributed by atoms with van der Waals surface area (Å²) in [5.74, 6) is 1.50. The molecule has 0 N–H and O–H groups in total. The van der Waals surface area contributed by atoms with E-state index in [1.807, 2.05) is 42.6 Å². The third-order valence-corrected chi connectivity index (χ3v) is 3.42. The van der Waals surface area contributed by atoms with E-state index < -0.39 is 0 Å². The predicted octanol–water partition coefficient (Wildman–Crippen LogP) is 4.13. The quantitative estimate of drug-likeness (QED) is 0.719. The van der Waals surface area contributed by atoms with Crippen molar-refractivity contribution in [1.29, 1.82) is 0 Å². The Hall–Kier alpha value is -2.55. The van der Waals surface area contributed by atoms with Gasteiger partial charge >= 0.3 is 0 Å². The number of rotatable bonds is 4. The highest BCUT2D eigenvalue weighted by Gasteiger charge is 2.04. The molecule has 0 atom stereocenters. The topological polar surface area (TPSA) is 31.4 Å². The Morgan fingerprint density at radius 1 is 1.05 bits per heavy atom. The number of aryl methyl sites for hydroxylation is 1. The van der Waals surface area contributed by atoms with Crippen LogP contribution in [0.1, 0.15) is 11.1 Å². The third kappa shape index (κ3) is 2.97. The molecular weight excluding hydrogens is 262 g/mol. The van der Waals surface area contributed by atoms with E-state index in [9.17, 15) is 0 Å². The molecule has 0 fully saturated rings. The summed E-state index contributed by atoms with van der Waals surface area (Å²) in [6, 6.07) is 16.1. The van der Waals surface area contributed by atoms with Crippen LogP contribution < -0.4 is 9.47 Å². The Morgan fingerprint density at radius 3 is 2.71 bits per heavy atom. The minimum absolute atomic E-state index is 0.522. The second kappa shape index (κ2) is 5.83. The standard InChI is InChI=1S/C18H17NO2/c1-13-5-3-8-16(9-13)21-12-15-7-4-6-14-11-19-18(20-2)10-17(14)15/h3-11H,12H2,1-2H3. The molecule has 0 unspecified atom stereocenters. The van der Waals surface area contributed by atoms with Crippen molar-refractivity contribution in [1.82, 2.24) is 4.98 Å². The number of benzene rings is 2. The number of ether oxygens (including phenoxy) is 2. The summed E-state index contributed by atoms with van der Waals surface area (Å²) in [6.45, 7) is 2.58. The number of fused-ring (bicyclic) bond motifs is 1. The Balaban J connectivity index is 1.89. The molecule has 1 heterocycles. The first-order valence-electron chi connectivity index (χ1n) is 6.87. The largest absolute Gasteiger partial charge is 0.489 e. The summed E-state index contributed by atoms with van der Waals surface area (Å²) in [6.07, 6.45) is 1.82. The molecule has 2 aromatic carbocycles. The van der Waals surface area contributed by atoms with Crippen molar-refractivity contribution in [2.24, 2.45) is 0 Å². The van der Waals surface area contributed by atoms with E-state index in [1.165, 1.54) is 5.56 Å². The number of aromatic nitrogens is 1. The van der Waals surface area contributed by atoms with Gasteiger partial charge in [0.05, 0.1) is 7.11 Å². The van der Waals surface area contributed by atoms with Crippen LogP contribution in [-0.2, 0) is 6.61 Å². The van der Waals surface area contributed by atoms with Gasteiger partial charge in [-0.15, -0.1) is 0 Å². The number of nitrogens with zero attached hydrogens (tertiary/aromatic N) is 1. The maximum atomic E-state index is 5.89. The van der Waals surface area contributed by atoms with Gasteiger partial charge in [-0.3, -0.25) is 0 Å². The van der Waals surface area contributed by atoms with Gasteiger partial charge < -0.3 is 9.47 Å². The molecule has 0 bridgehead atoms. The fourth-order valence-electron chi connectivity index (χ4n) is 2.32. The normalized spacial score (nSPS) is 10.6. The van der Waals surface area contributed by atoms with E-state index in [4.69, 9.17) is 9.47 Å². The molecule has 1 aromatic heterocycles. The van der Waals surface area contributed by atoms with Crippen LogP contribution in [0, 0.1) is 6.92 Å². The van der Waals surface area contributed by atoms with Gasteiger partial charge in [-0.05, 0) is 35.6 Å². The average Bonchev–Trinajstić information content (AvgIpc) is 2.52. The van der Waals surface area contributed by atoms with Crippen LogP contribution in [0.5, 0.6) is 11.6 Å². The Morgan fingerprint density at radius 2 is 1.90 bits per heavy atom. The van der Waals surface area contributed by atoms with Crippen LogP contribution in [0.15, 0.2) is 54.7 Å². The predicted molar refractivity (Wildman–Crippen MR) is 83.8 cm³/mol. The van der Waals surface area contributed by atoms with Gasteiger partial charge in [0.15, 0.2) is 0 Å². The van der Waals surface area contributed by atoms with E-state index in [-0.39, 0.29) is 0 Å². The Bertz CT molecular complexity index is 768. The molecule has 3 aromatic rings. The fourth-order valence-corrected chi connectivity index (χ4v) is 2.32. The van der Waals surface area contributed by atoms with E-state index >= 15 is 0 Å². The molecule has 3 nitrogen and oxygen atoms in total. The van der Waals surface area contributed by atoms with Crippen LogP contribution in [0.25, 0.3) is 10.8 Å². The van der Waals surface area contributed by atoms with E-state index in [2.05, 4.69) is 24.0 Å². The zero-order valence-electron chi connectivity index (χ0n) is 12.2. The van der Waals surface area contributed by atoms with Crippen LogP contribution in [-0.4, -0.2) is 12.1 Å². The highest BCUT2D eigenvalue weighted by molar-refractivity contribution is 5.85. The molecular formula is C18H17NO2. The molecule has 0 saturated carbocycles. The molecule has 0 aliphatic rings. The maximum absolute atomic E-state index is 5.89. The maximum Gasteiger partial charge on any atom is 0.213 e. The minimum atomic E-state index is 0.522. The third-order valence-electron chi connectivity index (χ3n) is 3.42. The summed E-state index contributed by atoms with van der Waals surface area (Å²) in [5.41, 5.74) is 2.31. The lowest BCUT2D eigenvalue weighted by Crippen LogP contribution is -1.97.